The van der Waals surface area contributed by atoms with Crippen LogP contribution < -0.4 is 4.90 Å². The summed E-state index contributed by atoms with van der Waals surface area (Å²) in [5.41, 5.74) is 29.3. The third-order valence-electron chi connectivity index (χ3n) is 18.2. The van der Waals surface area contributed by atoms with Crippen LogP contribution in [0.25, 0.3) is 99.4 Å². The molecule has 0 aromatic heterocycles. The minimum absolute atomic E-state index is 0.157. The van der Waals surface area contributed by atoms with Crippen molar-refractivity contribution >= 4 is 38.6 Å². The Bertz CT molecular complexity index is 4420. The zero-order chi connectivity index (χ0) is 52.7. The summed E-state index contributed by atoms with van der Waals surface area (Å²) in [4.78, 5) is 2.37. The summed E-state index contributed by atoms with van der Waals surface area (Å²) in [6.07, 6.45) is 0. The molecule has 0 aliphatic heterocycles. The molecule has 1 heteroatoms. The van der Waals surface area contributed by atoms with Gasteiger partial charge in [-0.3, -0.25) is 0 Å². The molecule has 15 rings (SSSR count). The second-order valence-electron chi connectivity index (χ2n) is 23.8. The molecule has 12 aromatic rings. The van der Waals surface area contributed by atoms with Crippen LogP contribution in [-0.4, -0.2) is 0 Å². The molecule has 0 saturated heterocycles. The van der Waals surface area contributed by atoms with Gasteiger partial charge in [0.25, 0.3) is 0 Å². The summed E-state index contributed by atoms with van der Waals surface area (Å²) in [7, 11) is 0. The first kappa shape index (κ1) is 46.3. The van der Waals surface area contributed by atoms with Gasteiger partial charge in [-0.2, -0.15) is 0 Å². The smallest absolute Gasteiger partial charge is 0.0465 e. The monoisotopic (exact) mass is 997 g/mol. The molecule has 372 valence electrons. The molecule has 1 nitrogen and oxygen atoms in total. The van der Waals surface area contributed by atoms with Crippen molar-refractivity contribution < 1.29 is 0 Å². The third kappa shape index (κ3) is 7.07. The van der Waals surface area contributed by atoms with Gasteiger partial charge in [-0.25, -0.2) is 0 Å². The van der Waals surface area contributed by atoms with Crippen molar-refractivity contribution in [2.45, 2.75) is 57.8 Å². The number of benzene rings is 12. The van der Waals surface area contributed by atoms with Crippen LogP contribution in [0.2, 0.25) is 0 Å². The van der Waals surface area contributed by atoms with Crippen LogP contribution in [0.3, 0.4) is 0 Å². The minimum atomic E-state index is -0.180. The van der Waals surface area contributed by atoms with Crippen molar-refractivity contribution in [3.8, 4) is 77.9 Å². The van der Waals surface area contributed by atoms with Crippen molar-refractivity contribution in [1.82, 2.24) is 0 Å². The highest BCUT2D eigenvalue weighted by Crippen LogP contribution is 2.55. The topological polar surface area (TPSA) is 3.24 Å². The molecule has 0 saturated carbocycles. The lowest BCUT2D eigenvalue weighted by molar-refractivity contribution is 0.659. The van der Waals surface area contributed by atoms with E-state index in [1.54, 1.807) is 0 Å². The molecule has 0 radical (unpaired) electrons. The van der Waals surface area contributed by atoms with Crippen molar-refractivity contribution in [3.05, 3.63) is 282 Å². The Balaban J connectivity index is 0.698. The van der Waals surface area contributed by atoms with E-state index >= 15 is 0 Å². The Hall–Kier alpha value is -9.04. The molecular weight excluding hydrogens is 939 g/mol. The first-order valence-corrected chi connectivity index (χ1v) is 27.7. The molecule has 12 aromatic carbocycles. The van der Waals surface area contributed by atoms with Gasteiger partial charge in [0.05, 0.1) is 0 Å². The molecule has 0 fully saturated rings. The number of anilines is 3. The fourth-order valence-electron chi connectivity index (χ4n) is 13.8. The normalized spacial score (nSPS) is 14.6. The maximum absolute atomic E-state index is 2.48. The van der Waals surface area contributed by atoms with Crippen LogP contribution in [0.1, 0.15) is 74.9 Å². The van der Waals surface area contributed by atoms with Gasteiger partial charge in [0.1, 0.15) is 0 Å². The Morgan fingerprint density at radius 3 is 0.821 bits per heavy atom. The average molecular weight is 998 g/mol. The number of rotatable bonds is 7. The van der Waals surface area contributed by atoms with E-state index in [2.05, 4.69) is 295 Å². The summed E-state index contributed by atoms with van der Waals surface area (Å²) in [6, 6.07) is 93.6. The molecule has 0 bridgehead atoms. The van der Waals surface area contributed by atoms with E-state index in [1.807, 2.05) is 0 Å². The molecule has 0 N–H and O–H groups in total. The molecular formula is C77H59N. The van der Waals surface area contributed by atoms with E-state index in [4.69, 9.17) is 0 Å². The molecule has 3 aliphatic carbocycles. The first-order chi connectivity index (χ1) is 37.9. The maximum Gasteiger partial charge on any atom is 0.0465 e. The quantitative estimate of drug-likeness (QED) is 0.154. The Morgan fingerprint density at radius 1 is 0.205 bits per heavy atom. The average Bonchev–Trinajstić information content (AvgIpc) is 4.14. The largest absolute Gasteiger partial charge is 0.310 e. The molecule has 0 unspecified atom stereocenters. The summed E-state index contributed by atoms with van der Waals surface area (Å²) in [5, 5.41) is 5.05. The van der Waals surface area contributed by atoms with Gasteiger partial charge in [-0.05, 0) is 218 Å². The summed E-state index contributed by atoms with van der Waals surface area (Å²) in [6.45, 7) is 14.4. The predicted octanol–water partition coefficient (Wildman–Crippen LogP) is 21.0. The highest BCUT2D eigenvalue weighted by atomic mass is 15.1. The Morgan fingerprint density at radius 2 is 0.462 bits per heavy atom. The van der Waals surface area contributed by atoms with E-state index in [-0.39, 0.29) is 16.2 Å². The Labute approximate surface area is 458 Å². The third-order valence-corrected chi connectivity index (χ3v) is 18.2. The number of nitrogens with zero attached hydrogens (tertiary/aromatic N) is 1. The number of hydrogen-bond donors (Lipinski definition) is 0. The van der Waals surface area contributed by atoms with E-state index in [0.717, 1.165) is 11.4 Å². The van der Waals surface area contributed by atoms with E-state index in [0.29, 0.717) is 0 Å². The second-order valence-corrected chi connectivity index (χ2v) is 23.8. The fraction of sp³-hybridized carbons (Fsp3) is 0.117. The van der Waals surface area contributed by atoms with Gasteiger partial charge >= 0.3 is 0 Å². The van der Waals surface area contributed by atoms with Crippen LogP contribution in [0.15, 0.2) is 249 Å². The lowest BCUT2D eigenvalue weighted by Gasteiger charge is -2.28. The van der Waals surface area contributed by atoms with E-state index < -0.39 is 0 Å². The summed E-state index contributed by atoms with van der Waals surface area (Å²) in [5.74, 6) is 0. The predicted molar refractivity (Wildman–Crippen MR) is 331 cm³/mol. The van der Waals surface area contributed by atoms with E-state index in [9.17, 15) is 0 Å². The highest BCUT2D eigenvalue weighted by molar-refractivity contribution is 5.95. The summed E-state index contributed by atoms with van der Waals surface area (Å²) < 4.78 is 0. The van der Waals surface area contributed by atoms with E-state index in [1.165, 1.54) is 139 Å². The van der Waals surface area contributed by atoms with Gasteiger partial charge in [0, 0.05) is 33.3 Å². The van der Waals surface area contributed by atoms with Crippen LogP contribution >= 0.6 is 0 Å². The van der Waals surface area contributed by atoms with Crippen LogP contribution in [0.5, 0.6) is 0 Å². The molecule has 0 atom stereocenters. The second kappa shape index (κ2) is 17.0. The number of fused-ring (bicyclic) bond motifs is 11. The molecule has 3 aliphatic rings. The maximum atomic E-state index is 2.48. The lowest BCUT2D eigenvalue weighted by atomic mass is 9.79. The van der Waals surface area contributed by atoms with Crippen LogP contribution in [0, 0.1) is 0 Å². The van der Waals surface area contributed by atoms with Crippen molar-refractivity contribution in [3.63, 3.8) is 0 Å². The first-order valence-electron chi connectivity index (χ1n) is 27.7. The molecule has 0 amide bonds. The highest BCUT2D eigenvalue weighted by Gasteiger charge is 2.40. The Kier molecular flexibility index (Phi) is 10.1. The fourth-order valence-corrected chi connectivity index (χ4v) is 13.8. The minimum Gasteiger partial charge on any atom is -0.310 e. The number of para-hydroxylation sites is 2. The SMILES string of the molecule is CC1(C)c2cc(-c3ccc4c(c3)C(C)(C)c3cc(-c5ccc6cc(-c7ccc8ccccc8c7)ccc6c5)ccc3-4)ccc2-c2ccc(-c3ccc4c(c3)C(C)(C)c3cc(N(c5ccccc5)c5ccccc5)ccc3-4)cc21. The van der Waals surface area contributed by atoms with Gasteiger partial charge < -0.3 is 4.90 Å². The zero-order valence-corrected chi connectivity index (χ0v) is 45.1. The number of hydrogen-bond acceptors (Lipinski definition) is 1. The van der Waals surface area contributed by atoms with Crippen molar-refractivity contribution in [2.24, 2.45) is 0 Å². The van der Waals surface area contributed by atoms with Gasteiger partial charge in [0.15, 0.2) is 0 Å². The van der Waals surface area contributed by atoms with Gasteiger partial charge in [0.2, 0.25) is 0 Å². The standard InChI is InChI=1S/C77H59N/c1-75(2)69-42-55(54-26-25-52-40-51(23-24-53(52)41-54)50-22-21-48-15-13-14-16-49(48)39-50)27-33-63(69)64-34-28-56(43-70(64)75)57-29-35-65-66-36-30-58(45-72(66)76(3,4)71(65)44-57)59-31-37-67-68-38-32-62(47-74(68)77(5,6)73(67)46-59)78(60-17-9-7-10-18-60)61-19-11-8-12-20-61/h7-47H,1-6H3. The van der Waals surface area contributed by atoms with Crippen molar-refractivity contribution in [1.29, 1.82) is 0 Å². The zero-order valence-electron chi connectivity index (χ0n) is 45.1. The van der Waals surface area contributed by atoms with Crippen molar-refractivity contribution in [2.75, 3.05) is 4.90 Å². The summed E-state index contributed by atoms with van der Waals surface area (Å²) >= 11 is 0. The molecule has 78 heavy (non-hydrogen) atoms. The lowest BCUT2D eigenvalue weighted by Crippen LogP contribution is -2.17. The van der Waals surface area contributed by atoms with Crippen LogP contribution in [-0.2, 0) is 16.2 Å². The van der Waals surface area contributed by atoms with Gasteiger partial charge in [-0.1, -0.05) is 205 Å². The van der Waals surface area contributed by atoms with Gasteiger partial charge in [-0.15, -0.1) is 0 Å². The van der Waals surface area contributed by atoms with Crippen LogP contribution in [0.4, 0.5) is 17.1 Å². The molecule has 0 heterocycles. The molecule has 0 spiro atoms.